The van der Waals surface area contributed by atoms with Crippen LogP contribution in [-0.2, 0) is 0 Å². The first-order valence-electron chi connectivity index (χ1n) is 3.22. The predicted octanol–water partition coefficient (Wildman–Crippen LogP) is -0.208. The summed E-state index contributed by atoms with van der Waals surface area (Å²) in [4.78, 5) is 0. The molecule has 1 heterocycles. The fourth-order valence-corrected chi connectivity index (χ4v) is 0.766. The molecule has 1 aromatic heterocycles. The van der Waals surface area contributed by atoms with Crippen molar-refractivity contribution in [2.75, 3.05) is 6.54 Å². The van der Waals surface area contributed by atoms with Crippen molar-refractivity contribution in [3.8, 4) is 0 Å². The Bertz CT molecular complexity index is 173. The van der Waals surface area contributed by atoms with E-state index in [1.165, 1.54) is 0 Å². The molecule has 0 bridgehead atoms. The summed E-state index contributed by atoms with van der Waals surface area (Å²) in [6.45, 7) is 0.486. The Morgan fingerprint density at radius 1 is 1.80 bits per heavy atom. The van der Waals surface area contributed by atoms with Gasteiger partial charge < -0.3 is 10.8 Å². The van der Waals surface area contributed by atoms with Crippen LogP contribution in [0.5, 0.6) is 0 Å². The van der Waals surface area contributed by atoms with E-state index < -0.39 is 6.10 Å². The molecular weight excluding hydrogens is 130 g/mol. The van der Waals surface area contributed by atoms with E-state index in [0.29, 0.717) is 13.0 Å². The third-order valence-electron chi connectivity index (χ3n) is 1.32. The molecule has 0 amide bonds. The van der Waals surface area contributed by atoms with Gasteiger partial charge in [-0.25, -0.2) is 0 Å². The highest BCUT2D eigenvalue weighted by atomic mass is 16.3. The van der Waals surface area contributed by atoms with E-state index in [1.807, 2.05) is 0 Å². The second-order valence-electron chi connectivity index (χ2n) is 2.11. The van der Waals surface area contributed by atoms with Gasteiger partial charge >= 0.3 is 0 Å². The number of aliphatic hydroxyl groups is 1. The minimum Gasteiger partial charge on any atom is -0.387 e. The van der Waals surface area contributed by atoms with Crippen LogP contribution in [0.2, 0.25) is 0 Å². The zero-order valence-electron chi connectivity index (χ0n) is 5.62. The van der Waals surface area contributed by atoms with E-state index in [2.05, 4.69) is 10.2 Å². The van der Waals surface area contributed by atoms with Gasteiger partial charge in [0.1, 0.15) is 0 Å². The van der Waals surface area contributed by atoms with Crippen LogP contribution in [-0.4, -0.2) is 21.8 Å². The Hall–Kier alpha value is -0.870. The summed E-state index contributed by atoms with van der Waals surface area (Å²) < 4.78 is 0. The third kappa shape index (κ3) is 1.55. The Morgan fingerprint density at radius 2 is 2.60 bits per heavy atom. The molecule has 4 nitrogen and oxygen atoms in total. The molecule has 0 aliphatic rings. The molecule has 0 unspecified atom stereocenters. The molecule has 0 saturated carbocycles. The fourth-order valence-electron chi connectivity index (χ4n) is 0.766. The molecule has 0 aliphatic carbocycles. The lowest BCUT2D eigenvalue weighted by Gasteiger charge is -2.04. The highest BCUT2D eigenvalue weighted by molar-refractivity contribution is 5.01. The van der Waals surface area contributed by atoms with Gasteiger partial charge in [0, 0.05) is 6.20 Å². The van der Waals surface area contributed by atoms with Crippen LogP contribution >= 0.6 is 0 Å². The number of aromatic nitrogens is 2. The van der Waals surface area contributed by atoms with E-state index in [-0.39, 0.29) is 0 Å². The van der Waals surface area contributed by atoms with Crippen LogP contribution in [0.3, 0.4) is 0 Å². The second-order valence-corrected chi connectivity index (χ2v) is 2.11. The van der Waals surface area contributed by atoms with Gasteiger partial charge in [-0.1, -0.05) is 0 Å². The molecule has 4 N–H and O–H groups in total. The number of aliphatic hydroxyl groups excluding tert-OH is 1. The largest absolute Gasteiger partial charge is 0.387 e. The topological polar surface area (TPSA) is 74.9 Å². The van der Waals surface area contributed by atoms with E-state index >= 15 is 0 Å². The van der Waals surface area contributed by atoms with Crippen molar-refractivity contribution in [1.29, 1.82) is 0 Å². The fraction of sp³-hybridized carbons (Fsp3) is 0.500. The Kier molecular flexibility index (Phi) is 2.42. The maximum atomic E-state index is 9.26. The van der Waals surface area contributed by atoms with Crippen LogP contribution in [0.15, 0.2) is 12.3 Å². The van der Waals surface area contributed by atoms with Crippen LogP contribution in [0.25, 0.3) is 0 Å². The van der Waals surface area contributed by atoms with Crippen molar-refractivity contribution >= 4 is 0 Å². The first-order valence-corrected chi connectivity index (χ1v) is 3.22. The smallest absolute Gasteiger partial charge is 0.0966 e. The average Bonchev–Trinajstić information content (AvgIpc) is 2.38. The molecule has 10 heavy (non-hydrogen) atoms. The maximum Gasteiger partial charge on any atom is 0.0966 e. The SMILES string of the molecule is NCC[C@H](O)c1ccn[nH]1. The summed E-state index contributed by atoms with van der Waals surface area (Å²) >= 11 is 0. The number of nitrogens with two attached hydrogens (primary N) is 1. The number of nitrogens with one attached hydrogen (secondary N) is 1. The molecule has 1 rings (SSSR count). The zero-order chi connectivity index (χ0) is 7.40. The summed E-state index contributed by atoms with van der Waals surface area (Å²) in [5, 5.41) is 15.6. The Morgan fingerprint density at radius 3 is 3.10 bits per heavy atom. The number of rotatable bonds is 3. The first kappa shape index (κ1) is 7.24. The lowest BCUT2D eigenvalue weighted by atomic mass is 10.2. The van der Waals surface area contributed by atoms with Crippen LogP contribution < -0.4 is 5.73 Å². The van der Waals surface area contributed by atoms with Crippen molar-refractivity contribution in [3.63, 3.8) is 0 Å². The molecule has 0 radical (unpaired) electrons. The quantitative estimate of drug-likeness (QED) is 0.545. The van der Waals surface area contributed by atoms with Crippen LogP contribution in [0, 0.1) is 0 Å². The van der Waals surface area contributed by atoms with Gasteiger partial charge in [-0.2, -0.15) is 5.10 Å². The van der Waals surface area contributed by atoms with Crippen molar-refractivity contribution < 1.29 is 5.11 Å². The molecule has 0 fully saturated rings. The van der Waals surface area contributed by atoms with Gasteiger partial charge in [-0.15, -0.1) is 0 Å². The van der Waals surface area contributed by atoms with Gasteiger partial charge in [-0.05, 0) is 19.0 Å². The number of hydrogen-bond donors (Lipinski definition) is 3. The van der Waals surface area contributed by atoms with Crippen molar-refractivity contribution in [3.05, 3.63) is 18.0 Å². The summed E-state index contributed by atoms with van der Waals surface area (Å²) in [6, 6.07) is 1.74. The summed E-state index contributed by atoms with van der Waals surface area (Å²) in [5.74, 6) is 0. The summed E-state index contributed by atoms with van der Waals surface area (Å²) in [5.41, 5.74) is 5.97. The molecule has 0 spiro atoms. The first-order chi connectivity index (χ1) is 4.84. The van der Waals surface area contributed by atoms with Gasteiger partial charge in [0.05, 0.1) is 11.8 Å². The molecule has 0 aromatic carbocycles. The molecule has 0 saturated heterocycles. The highest BCUT2D eigenvalue weighted by Gasteiger charge is 2.05. The van der Waals surface area contributed by atoms with Crippen molar-refractivity contribution in [2.24, 2.45) is 5.73 Å². The molecular formula is C6H11N3O. The molecule has 56 valence electrons. The van der Waals surface area contributed by atoms with Gasteiger partial charge in [0.15, 0.2) is 0 Å². The number of nitrogens with zero attached hydrogens (tertiary/aromatic N) is 1. The monoisotopic (exact) mass is 141 g/mol. The normalized spacial score (nSPS) is 13.4. The minimum absolute atomic E-state index is 0.486. The lowest BCUT2D eigenvalue weighted by Crippen LogP contribution is -2.06. The van der Waals surface area contributed by atoms with Crippen LogP contribution in [0.4, 0.5) is 0 Å². The van der Waals surface area contributed by atoms with E-state index in [1.54, 1.807) is 12.3 Å². The van der Waals surface area contributed by atoms with Crippen molar-refractivity contribution in [1.82, 2.24) is 10.2 Å². The molecule has 1 atom stereocenters. The molecule has 0 aliphatic heterocycles. The Balaban J connectivity index is 2.50. The maximum absolute atomic E-state index is 9.26. The lowest BCUT2D eigenvalue weighted by molar-refractivity contribution is 0.165. The van der Waals surface area contributed by atoms with Gasteiger partial charge in [0.2, 0.25) is 0 Å². The highest BCUT2D eigenvalue weighted by Crippen LogP contribution is 2.10. The van der Waals surface area contributed by atoms with Gasteiger partial charge in [0.25, 0.3) is 0 Å². The second kappa shape index (κ2) is 3.34. The number of aromatic amines is 1. The van der Waals surface area contributed by atoms with E-state index in [9.17, 15) is 5.11 Å². The zero-order valence-corrected chi connectivity index (χ0v) is 5.62. The molecule has 4 heteroatoms. The Labute approximate surface area is 59.1 Å². The van der Waals surface area contributed by atoms with E-state index in [0.717, 1.165) is 5.69 Å². The molecule has 1 aromatic rings. The predicted molar refractivity (Wildman–Crippen MR) is 37.2 cm³/mol. The standard InChI is InChI=1S/C6H11N3O/c7-3-1-6(10)5-2-4-8-9-5/h2,4,6,10H,1,3,7H2,(H,8,9)/t6-/m0/s1. The summed E-state index contributed by atoms with van der Waals surface area (Å²) in [7, 11) is 0. The third-order valence-corrected chi connectivity index (χ3v) is 1.32. The average molecular weight is 141 g/mol. The van der Waals surface area contributed by atoms with Gasteiger partial charge in [-0.3, -0.25) is 5.10 Å². The number of H-pyrrole nitrogens is 1. The summed E-state index contributed by atoms with van der Waals surface area (Å²) in [6.07, 6.45) is 1.68. The van der Waals surface area contributed by atoms with Crippen molar-refractivity contribution in [2.45, 2.75) is 12.5 Å². The minimum atomic E-state index is -0.493. The van der Waals surface area contributed by atoms with E-state index in [4.69, 9.17) is 5.73 Å². The van der Waals surface area contributed by atoms with Crippen LogP contribution in [0.1, 0.15) is 18.2 Å². The number of hydrogen-bond acceptors (Lipinski definition) is 3.